The minimum Gasteiger partial charge on any atom is -0.385 e. The van der Waals surface area contributed by atoms with Crippen molar-refractivity contribution in [3.8, 4) is 0 Å². The Hall–Kier alpha value is -1.84. The molecule has 0 spiro atoms. The predicted molar refractivity (Wildman–Crippen MR) is 77.4 cm³/mol. The van der Waals surface area contributed by atoms with Gasteiger partial charge in [0.15, 0.2) is 0 Å². The van der Waals surface area contributed by atoms with E-state index in [2.05, 4.69) is 17.5 Å². The van der Waals surface area contributed by atoms with Crippen LogP contribution in [0.3, 0.4) is 0 Å². The minimum absolute atomic E-state index is 0.219. The van der Waals surface area contributed by atoms with Crippen molar-refractivity contribution in [1.82, 2.24) is 0 Å². The van der Waals surface area contributed by atoms with Gasteiger partial charge in [0.2, 0.25) is 0 Å². The Morgan fingerprint density at radius 2 is 2.26 bits per heavy atom. The van der Waals surface area contributed by atoms with Crippen LogP contribution in [0, 0.1) is 16.0 Å². The lowest BCUT2D eigenvalue weighted by Crippen LogP contribution is -2.15. The lowest BCUT2D eigenvalue weighted by atomic mass is 9.94. The topological polar surface area (TPSA) is 55.2 Å². The van der Waals surface area contributed by atoms with E-state index in [4.69, 9.17) is 0 Å². The van der Waals surface area contributed by atoms with E-state index in [9.17, 15) is 10.1 Å². The predicted octanol–water partition coefficient (Wildman–Crippen LogP) is 3.93. The Morgan fingerprint density at radius 3 is 2.89 bits per heavy atom. The zero-order valence-electron chi connectivity index (χ0n) is 11.3. The van der Waals surface area contributed by atoms with Crippen molar-refractivity contribution in [2.24, 2.45) is 5.92 Å². The van der Waals surface area contributed by atoms with Gasteiger partial charge < -0.3 is 5.32 Å². The van der Waals surface area contributed by atoms with Gasteiger partial charge in [-0.05, 0) is 37.7 Å². The maximum Gasteiger partial charge on any atom is 0.274 e. The molecule has 1 aromatic rings. The second kappa shape index (κ2) is 6.36. The molecule has 1 atom stereocenters. The molecule has 0 aromatic heterocycles. The van der Waals surface area contributed by atoms with E-state index in [1.807, 2.05) is 19.1 Å². The van der Waals surface area contributed by atoms with Gasteiger partial charge in [-0.25, -0.2) is 0 Å². The lowest BCUT2D eigenvalue weighted by Gasteiger charge is -2.18. The minimum atomic E-state index is -0.298. The molecule has 0 heterocycles. The molecule has 19 heavy (non-hydrogen) atoms. The normalized spacial score (nSPS) is 18.3. The molecule has 1 N–H and O–H groups in total. The highest BCUT2D eigenvalue weighted by atomic mass is 16.6. The largest absolute Gasteiger partial charge is 0.385 e. The molecule has 1 aromatic carbocycles. The molecule has 0 saturated heterocycles. The SMILES string of the molecule is CCc1ccc(NCC2CC=CCC2)cc1[N+](=O)[O-]. The number of nitro groups is 1. The zero-order chi connectivity index (χ0) is 13.7. The highest BCUT2D eigenvalue weighted by molar-refractivity contribution is 5.55. The van der Waals surface area contributed by atoms with Gasteiger partial charge in [-0.15, -0.1) is 0 Å². The second-order valence-electron chi connectivity index (χ2n) is 4.99. The smallest absolute Gasteiger partial charge is 0.274 e. The molecule has 4 nitrogen and oxygen atoms in total. The third-order valence-electron chi connectivity index (χ3n) is 3.64. The van der Waals surface area contributed by atoms with Gasteiger partial charge >= 0.3 is 0 Å². The van der Waals surface area contributed by atoms with Crippen LogP contribution in [0.5, 0.6) is 0 Å². The molecule has 102 valence electrons. The third kappa shape index (κ3) is 3.56. The highest BCUT2D eigenvalue weighted by Crippen LogP contribution is 2.25. The fourth-order valence-electron chi connectivity index (χ4n) is 2.45. The van der Waals surface area contributed by atoms with Gasteiger partial charge in [0.25, 0.3) is 5.69 Å². The Balaban J connectivity index is 2.02. The van der Waals surface area contributed by atoms with E-state index in [1.54, 1.807) is 6.07 Å². The number of hydrogen-bond acceptors (Lipinski definition) is 3. The first-order chi connectivity index (χ1) is 9.20. The van der Waals surface area contributed by atoms with Crippen LogP contribution in [-0.4, -0.2) is 11.5 Å². The molecular formula is C15H20N2O2. The summed E-state index contributed by atoms with van der Waals surface area (Å²) < 4.78 is 0. The summed E-state index contributed by atoms with van der Waals surface area (Å²) in [6, 6.07) is 5.43. The number of allylic oxidation sites excluding steroid dienone is 2. The Labute approximate surface area is 113 Å². The number of nitrogens with zero attached hydrogens (tertiary/aromatic N) is 1. The first-order valence-electron chi connectivity index (χ1n) is 6.87. The van der Waals surface area contributed by atoms with E-state index in [0.717, 1.165) is 30.6 Å². The van der Waals surface area contributed by atoms with E-state index in [1.165, 1.54) is 6.42 Å². The van der Waals surface area contributed by atoms with E-state index in [0.29, 0.717) is 12.3 Å². The van der Waals surface area contributed by atoms with Crippen molar-refractivity contribution in [2.45, 2.75) is 32.6 Å². The maximum absolute atomic E-state index is 11.0. The van der Waals surface area contributed by atoms with Crippen molar-refractivity contribution in [1.29, 1.82) is 0 Å². The van der Waals surface area contributed by atoms with Crippen LogP contribution < -0.4 is 5.32 Å². The first-order valence-corrected chi connectivity index (χ1v) is 6.87. The third-order valence-corrected chi connectivity index (χ3v) is 3.64. The fraction of sp³-hybridized carbons (Fsp3) is 0.467. The molecule has 0 saturated carbocycles. The molecule has 1 unspecified atom stereocenters. The van der Waals surface area contributed by atoms with E-state index >= 15 is 0 Å². The molecule has 0 amide bonds. The van der Waals surface area contributed by atoms with Gasteiger partial charge in [0.05, 0.1) is 4.92 Å². The van der Waals surface area contributed by atoms with Crippen LogP contribution in [0.4, 0.5) is 11.4 Å². The number of nitrogens with one attached hydrogen (secondary N) is 1. The first kappa shape index (κ1) is 13.6. The van der Waals surface area contributed by atoms with Gasteiger partial charge in [0.1, 0.15) is 0 Å². The summed E-state index contributed by atoms with van der Waals surface area (Å²) in [4.78, 5) is 10.7. The van der Waals surface area contributed by atoms with Crippen LogP contribution in [0.15, 0.2) is 30.4 Å². The summed E-state index contributed by atoms with van der Waals surface area (Å²) in [5.74, 6) is 0.634. The lowest BCUT2D eigenvalue weighted by molar-refractivity contribution is -0.385. The quantitative estimate of drug-likeness (QED) is 0.496. The van der Waals surface area contributed by atoms with Crippen molar-refractivity contribution in [3.05, 3.63) is 46.0 Å². The summed E-state index contributed by atoms with van der Waals surface area (Å²) >= 11 is 0. The number of nitro benzene ring substituents is 1. The average molecular weight is 260 g/mol. The summed E-state index contributed by atoms with van der Waals surface area (Å²) in [6.07, 6.45) is 8.56. The van der Waals surface area contributed by atoms with Gasteiger partial charge in [0, 0.05) is 23.9 Å². The second-order valence-corrected chi connectivity index (χ2v) is 4.99. The number of rotatable bonds is 5. The molecular weight excluding hydrogens is 240 g/mol. The molecule has 1 aliphatic rings. The molecule has 4 heteroatoms. The van der Waals surface area contributed by atoms with Crippen molar-refractivity contribution >= 4 is 11.4 Å². The monoisotopic (exact) mass is 260 g/mol. The number of aryl methyl sites for hydroxylation is 1. The maximum atomic E-state index is 11.0. The molecule has 0 fully saturated rings. The zero-order valence-corrected chi connectivity index (χ0v) is 11.3. The Bertz CT molecular complexity index is 483. The van der Waals surface area contributed by atoms with Crippen molar-refractivity contribution in [3.63, 3.8) is 0 Å². The van der Waals surface area contributed by atoms with Crippen LogP contribution >= 0.6 is 0 Å². The van der Waals surface area contributed by atoms with Crippen LogP contribution in [0.1, 0.15) is 31.7 Å². The number of anilines is 1. The summed E-state index contributed by atoms with van der Waals surface area (Å²) in [5, 5.41) is 14.3. The van der Waals surface area contributed by atoms with E-state index < -0.39 is 0 Å². The molecule has 0 bridgehead atoms. The Morgan fingerprint density at radius 1 is 1.42 bits per heavy atom. The molecule has 0 radical (unpaired) electrons. The highest BCUT2D eigenvalue weighted by Gasteiger charge is 2.14. The van der Waals surface area contributed by atoms with Gasteiger partial charge in [-0.2, -0.15) is 0 Å². The molecule has 2 rings (SSSR count). The summed E-state index contributed by atoms with van der Waals surface area (Å²) in [5.41, 5.74) is 1.85. The number of benzene rings is 1. The number of hydrogen-bond donors (Lipinski definition) is 1. The van der Waals surface area contributed by atoms with Crippen LogP contribution in [-0.2, 0) is 6.42 Å². The molecule has 0 aliphatic heterocycles. The van der Waals surface area contributed by atoms with Crippen LogP contribution in [0.25, 0.3) is 0 Å². The Kier molecular flexibility index (Phi) is 4.55. The fourth-order valence-corrected chi connectivity index (χ4v) is 2.45. The van der Waals surface area contributed by atoms with Gasteiger partial charge in [-0.1, -0.05) is 25.1 Å². The van der Waals surface area contributed by atoms with E-state index in [-0.39, 0.29) is 10.6 Å². The summed E-state index contributed by atoms with van der Waals surface area (Å²) in [6.45, 7) is 2.82. The summed E-state index contributed by atoms with van der Waals surface area (Å²) in [7, 11) is 0. The van der Waals surface area contributed by atoms with Crippen molar-refractivity contribution < 1.29 is 4.92 Å². The molecule has 1 aliphatic carbocycles. The standard InChI is InChI=1S/C15H20N2O2/c1-2-13-8-9-14(10-15(13)17(18)19)16-11-12-6-4-3-5-7-12/h3-4,8-10,12,16H,2,5-7,11H2,1H3. The van der Waals surface area contributed by atoms with Crippen LogP contribution in [0.2, 0.25) is 0 Å². The van der Waals surface area contributed by atoms with Crippen molar-refractivity contribution in [2.75, 3.05) is 11.9 Å². The average Bonchev–Trinajstić information content (AvgIpc) is 2.46. The van der Waals surface area contributed by atoms with Gasteiger partial charge in [-0.3, -0.25) is 10.1 Å².